The molecule has 1 aromatic carbocycles. The second kappa shape index (κ2) is 8.73. The Kier molecular flexibility index (Phi) is 6.13. The van der Waals surface area contributed by atoms with E-state index in [1.54, 1.807) is 13.2 Å². The number of aryl methyl sites for hydroxylation is 2. The molecule has 0 saturated carbocycles. The maximum atomic E-state index is 4.51. The van der Waals surface area contributed by atoms with Crippen LogP contribution >= 0.6 is 0 Å². The summed E-state index contributed by atoms with van der Waals surface area (Å²) in [5.74, 6) is 0.784. The van der Waals surface area contributed by atoms with Gasteiger partial charge in [-0.2, -0.15) is 5.10 Å². The summed E-state index contributed by atoms with van der Waals surface area (Å²) in [4.78, 5) is 8.53. The lowest BCUT2D eigenvalue weighted by Gasteiger charge is -2.19. The van der Waals surface area contributed by atoms with Crippen molar-refractivity contribution in [3.8, 4) is 5.69 Å². The van der Waals surface area contributed by atoms with Crippen LogP contribution in [0.1, 0.15) is 29.4 Å². The molecule has 0 radical (unpaired) electrons. The van der Waals surface area contributed by atoms with Crippen LogP contribution in [0.4, 0.5) is 0 Å². The quantitative estimate of drug-likeness (QED) is 0.510. The van der Waals surface area contributed by atoms with Crippen molar-refractivity contribution in [2.24, 2.45) is 12.0 Å². The number of hydrogen-bond acceptors (Lipinski definition) is 3. The first-order chi connectivity index (χ1) is 13.5. The number of guanidine groups is 1. The van der Waals surface area contributed by atoms with Gasteiger partial charge in [-0.05, 0) is 44.4 Å². The van der Waals surface area contributed by atoms with Gasteiger partial charge in [0.15, 0.2) is 5.96 Å². The van der Waals surface area contributed by atoms with Gasteiger partial charge >= 0.3 is 0 Å². The number of hydrogen-bond donors (Lipinski definition) is 2. The zero-order chi connectivity index (χ0) is 20.1. The number of nitrogens with zero attached hydrogens (tertiary/aromatic N) is 5. The first kappa shape index (κ1) is 19.7. The first-order valence-corrected chi connectivity index (χ1v) is 9.52. The van der Waals surface area contributed by atoms with E-state index in [4.69, 9.17) is 0 Å². The minimum atomic E-state index is 0.233. The van der Waals surface area contributed by atoms with E-state index in [2.05, 4.69) is 58.6 Å². The number of aliphatic imine (C=N–C) groups is 1. The van der Waals surface area contributed by atoms with E-state index in [-0.39, 0.29) is 6.04 Å². The number of aromatic nitrogens is 4. The third-order valence-corrected chi connectivity index (χ3v) is 5.00. The van der Waals surface area contributed by atoms with Crippen molar-refractivity contribution in [3.05, 3.63) is 65.5 Å². The predicted molar refractivity (Wildman–Crippen MR) is 113 cm³/mol. The summed E-state index contributed by atoms with van der Waals surface area (Å²) in [6.45, 7) is 7.02. The minimum Gasteiger partial charge on any atom is -0.354 e. The second-order valence-corrected chi connectivity index (χ2v) is 7.05. The topological polar surface area (TPSA) is 72.1 Å². The highest BCUT2D eigenvalue weighted by Crippen LogP contribution is 2.15. The van der Waals surface area contributed by atoms with Crippen molar-refractivity contribution in [2.75, 3.05) is 7.05 Å². The van der Waals surface area contributed by atoms with Crippen LogP contribution in [0, 0.1) is 13.8 Å². The molecule has 2 N–H and O–H groups in total. The van der Waals surface area contributed by atoms with Crippen LogP contribution in [0.25, 0.3) is 5.69 Å². The van der Waals surface area contributed by atoms with Gasteiger partial charge in [0.2, 0.25) is 0 Å². The molecule has 2 aromatic heterocycles. The number of imidazole rings is 1. The van der Waals surface area contributed by atoms with E-state index < -0.39 is 0 Å². The monoisotopic (exact) mass is 379 g/mol. The Labute approximate surface area is 166 Å². The largest absolute Gasteiger partial charge is 0.354 e. The Morgan fingerprint density at radius 3 is 2.68 bits per heavy atom. The molecule has 3 rings (SSSR count). The molecule has 148 valence electrons. The smallest absolute Gasteiger partial charge is 0.191 e. The third kappa shape index (κ3) is 4.42. The molecule has 28 heavy (non-hydrogen) atoms. The molecule has 0 spiro atoms. The van der Waals surface area contributed by atoms with Crippen molar-refractivity contribution in [2.45, 2.75) is 39.8 Å². The summed E-state index contributed by atoms with van der Waals surface area (Å²) >= 11 is 0. The maximum absolute atomic E-state index is 4.51. The van der Waals surface area contributed by atoms with Gasteiger partial charge in [0.1, 0.15) is 0 Å². The molecule has 3 aromatic rings. The predicted octanol–water partition coefficient (Wildman–Crippen LogP) is 2.52. The Bertz CT molecular complexity index is 938. The molecule has 2 heterocycles. The van der Waals surface area contributed by atoms with E-state index in [0.29, 0.717) is 6.54 Å². The van der Waals surface area contributed by atoms with Crippen molar-refractivity contribution < 1.29 is 0 Å². The molecule has 7 nitrogen and oxygen atoms in total. The molecule has 0 saturated heterocycles. The van der Waals surface area contributed by atoms with E-state index in [9.17, 15) is 0 Å². The molecule has 0 amide bonds. The lowest BCUT2D eigenvalue weighted by molar-refractivity contribution is 0.635. The van der Waals surface area contributed by atoms with Crippen LogP contribution in [0.3, 0.4) is 0 Å². The Balaban J connectivity index is 1.63. The fraction of sp³-hybridized carbons (Fsp3) is 0.381. The summed E-state index contributed by atoms with van der Waals surface area (Å²) in [5, 5.41) is 11.4. The van der Waals surface area contributed by atoms with E-state index in [1.165, 1.54) is 16.8 Å². The van der Waals surface area contributed by atoms with Crippen molar-refractivity contribution in [3.63, 3.8) is 0 Å². The van der Waals surface area contributed by atoms with Gasteiger partial charge in [-0.3, -0.25) is 9.67 Å². The van der Waals surface area contributed by atoms with Crippen molar-refractivity contribution >= 4 is 5.96 Å². The zero-order valence-corrected chi connectivity index (χ0v) is 17.3. The molecular formula is C21H29N7. The highest BCUT2D eigenvalue weighted by molar-refractivity contribution is 5.80. The Morgan fingerprint density at radius 2 is 2.04 bits per heavy atom. The van der Waals surface area contributed by atoms with Crippen molar-refractivity contribution in [1.82, 2.24) is 30.0 Å². The summed E-state index contributed by atoms with van der Waals surface area (Å²) < 4.78 is 3.96. The number of nitrogens with one attached hydrogen (secondary N) is 2. The van der Waals surface area contributed by atoms with Crippen LogP contribution in [0.15, 0.2) is 48.0 Å². The van der Waals surface area contributed by atoms with Gasteiger partial charge < -0.3 is 15.2 Å². The Hall–Kier alpha value is -3.09. The number of rotatable bonds is 6. The molecule has 0 aliphatic rings. The van der Waals surface area contributed by atoms with Crippen LogP contribution in [-0.2, 0) is 20.0 Å². The van der Waals surface area contributed by atoms with E-state index in [0.717, 1.165) is 23.8 Å². The summed E-state index contributed by atoms with van der Waals surface area (Å²) in [6, 6.07) is 8.51. The number of benzene rings is 1. The van der Waals surface area contributed by atoms with Crippen LogP contribution in [-0.4, -0.2) is 38.4 Å². The second-order valence-electron chi connectivity index (χ2n) is 7.05. The van der Waals surface area contributed by atoms with Crippen LogP contribution in [0.2, 0.25) is 0 Å². The highest BCUT2D eigenvalue weighted by Gasteiger charge is 2.14. The fourth-order valence-corrected chi connectivity index (χ4v) is 3.39. The third-order valence-electron chi connectivity index (χ3n) is 5.00. The summed E-state index contributed by atoms with van der Waals surface area (Å²) in [7, 11) is 3.78. The fourth-order valence-electron chi connectivity index (χ4n) is 3.39. The lowest BCUT2D eigenvalue weighted by atomic mass is 10.1. The van der Waals surface area contributed by atoms with Gasteiger partial charge in [-0.15, -0.1) is 0 Å². The molecule has 0 aliphatic carbocycles. The zero-order valence-electron chi connectivity index (χ0n) is 17.3. The average Bonchev–Trinajstić information content (AvgIpc) is 3.30. The highest BCUT2D eigenvalue weighted by atomic mass is 15.3. The minimum absolute atomic E-state index is 0.233. The number of para-hydroxylation sites is 1. The van der Waals surface area contributed by atoms with Gasteiger partial charge in [0, 0.05) is 44.8 Å². The van der Waals surface area contributed by atoms with Gasteiger partial charge in [-0.1, -0.05) is 18.2 Å². The van der Waals surface area contributed by atoms with E-state index in [1.807, 2.05) is 41.0 Å². The maximum Gasteiger partial charge on any atom is 0.191 e. The van der Waals surface area contributed by atoms with Gasteiger partial charge in [-0.25, -0.2) is 4.98 Å². The Morgan fingerprint density at radius 1 is 1.25 bits per heavy atom. The molecule has 0 fully saturated rings. The summed E-state index contributed by atoms with van der Waals surface area (Å²) in [5.41, 5.74) is 5.88. The molecule has 7 heteroatoms. The lowest BCUT2D eigenvalue weighted by Crippen LogP contribution is -2.42. The van der Waals surface area contributed by atoms with E-state index >= 15 is 0 Å². The molecular weight excluding hydrogens is 350 g/mol. The van der Waals surface area contributed by atoms with Crippen LogP contribution in [0.5, 0.6) is 0 Å². The molecule has 1 unspecified atom stereocenters. The van der Waals surface area contributed by atoms with Crippen molar-refractivity contribution in [1.29, 1.82) is 0 Å². The molecule has 0 bridgehead atoms. The average molecular weight is 380 g/mol. The molecule has 0 aliphatic heterocycles. The van der Waals surface area contributed by atoms with Gasteiger partial charge in [0.25, 0.3) is 0 Å². The van der Waals surface area contributed by atoms with Gasteiger partial charge in [0.05, 0.1) is 17.7 Å². The summed E-state index contributed by atoms with van der Waals surface area (Å²) in [6.07, 6.45) is 6.45. The van der Waals surface area contributed by atoms with Crippen LogP contribution < -0.4 is 10.6 Å². The first-order valence-electron chi connectivity index (χ1n) is 9.52. The molecule has 1 atom stereocenters. The standard InChI is InChI=1S/C21H29N7/c1-15(12-19-16(2)26-27(5)17(19)3)25-21(22-4)24-13-18-8-6-7-9-20(18)28-11-10-23-14-28/h6-11,14-15H,12-13H2,1-5H3,(H2,22,24,25). The normalized spacial score (nSPS) is 12.8. The SMILES string of the molecule is CN=C(NCc1ccccc1-n1ccnc1)NC(C)Cc1c(C)nn(C)c1C.